The van der Waals surface area contributed by atoms with Gasteiger partial charge in [0.15, 0.2) is 0 Å². The highest BCUT2D eigenvalue weighted by molar-refractivity contribution is 5.69. The minimum absolute atomic E-state index is 0.0881. The molecule has 0 fully saturated rings. The van der Waals surface area contributed by atoms with Gasteiger partial charge < -0.3 is 9.84 Å². The number of hydrogen-bond acceptors (Lipinski definition) is 4. The first-order valence-electron chi connectivity index (χ1n) is 7.08. The van der Waals surface area contributed by atoms with E-state index in [-0.39, 0.29) is 12.4 Å². The van der Waals surface area contributed by atoms with Crippen molar-refractivity contribution in [3.63, 3.8) is 0 Å². The molecule has 4 heteroatoms. The lowest BCUT2D eigenvalue weighted by molar-refractivity contribution is -0.145. The SMILES string of the molecule is CCCCCN(CC(O)CC(=O)OCC)C(C)C. The molecule has 1 atom stereocenters. The zero-order chi connectivity index (χ0) is 14.0. The Bertz CT molecular complexity index is 219. The predicted octanol–water partition coefficient (Wildman–Crippen LogP) is 2.20. The summed E-state index contributed by atoms with van der Waals surface area (Å²) >= 11 is 0. The fourth-order valence-electron chi connectivity index (χ4n) is 1.87. The van der Waals surface area contributed by atoms with E-state index in [2.05, 4.69) is 25.7 Å². The number of carbonyl (C=O) groups excluding carboxylic acids is 1. The van der Waals surface area contributed by atoms with E-state index in [0.717, 1.165) is 13.0 Å². The Morgan fingerprint density at radius 1 is 1.28 bits per heavy atom. The standard InChI is InChI=1S/C14H29NO3/c1-5-7-8-9-15(12(3)4)11-13(16)10-14(17)18-6-2/h12-13,16H,5-11H2,1-4H3. The summed E-state index contributed by atoms with van der Waals surface area (Å²) in [5.74, 6) is -0.317. The molecular formula is C14H29NO3. The molecule has 108 valence electrons. The van der Waals surface area contributed by atoms with E-state index >= 15 is 0 Å². The maximum atomic E-state index is 11.3. The van der Waals surface area contributed by atoms with Crippen LogP contribution in [0.1, 0.15) is 53.4 Å². The minimum Gasteiger partial charge on any atom is -0.466 e. The van der Waals surface area contributed by atoms with E-state index in [9.17, 15) is 9.90 Å². The second-order valence-corrected chi connectivity index (χ2v) is 4.96. The van der Waals surface area contributed by atoms with Crippen LogP contribution >= 0.6 is 0 Å². The smallest absolute Gasteiger partial charge is 0.308 e. The quantitative estimate of drug-likeness (QED) is 0.483. The molecule has 0 aliphatic rings. The zero-order valence-corrected chi connectivity index (χ0v) is 12.3. The van der Waals surface area contributed by atoms with Gasteiger partial charge in [0.05, 0.1) is 19.1 Å². The first-order chi connectivity index (χ1) is 8.51. The first kappa shape index (κ1) is 17.4. The number of aliphatic hydroxyl groups excluding tert-OH is 1. The average Bonchev–Trinajstić information content (AvgIpc) is 2.27. The number of hydrogen-bond donors (Lipinski definition) is 1. The van der Waals surface area contributed by atoms with Crippen LogP contribution in [0.15, 0.2) is 0 Å². The van der Waals surface area contributed by atoms with Crippen LogP contribution in [0.25, 0.3) is 0 Å². The third-order valence-electron chi connectivity index (χ3n) is 2.93. The Balaban J connectivity index is 4.02. The summed E-state index contributed by atoms with van der Waals surface area (Å²) in [6.07, 6.45) is 2.99. The highest BCUT2D eigenvalue weighted by Crippen LogP contribution is 2.06. The average molecular weight is 259 g/mol. The van der Waals surface area contributed by atoms with Crippen molar-refractivity contribution >= 4 is 5.97 Å². The number of ether oxygens (including phenoxy) is 1. The lowest BCUT2D eigenvalue weighted by atomic mass is 10.1. The summed E-state index contributed by atoms with van der Waals surface area (Å²) in [4.78, 5) is 13.5. The van der Waals surface area contributed by atoms with Crippen LogP contribution in [0.2, 0.25) is 0 Å². The van der Waals surface area contributed by atoms with E-state index in [4.69, 9.17) is 4.74 Å². The van der Waals surface area contributed by atoms with Crippen molar-refractivity contribution < 1.29 is 14.6 Å². The molecule has 0 aromatic carbocycles. The van der Waals surface area contributed by atoms with Crippen molar-refractivity contribution in [1.82, 2.24) is 4.90 Å². The summed E-state index contributed by atoms with van der Waals surface area (Å²) in [6, 6.07) is 0.388. The Morgan fingerprint density at radius 2 is 1.94 bits per heavy atom. The van der Waals surface area contributed by atoms with Gasteiger partial charge in [-0.1, -0.05) is 19.8 Å². The molecule has 0 spiro atoms. The molecule has 0 rings (SSSR count). The van der Waals surface area contributed by atoms with E-state index in [1.165, 1.54) is 12.8 Å². The summed E-state index contributed by atoms with van der Waals surface area (Å²) in [5.41, 5.74) is 0. The Kier molecular flexibility index (Phi) is 9.98. The third-order valence-corrected chi connectivity index (χ3v) is 2.93. The molecule has 1 N–H and O–H groups in total. The molecular weight excluding hydrogens is 230 g/mol. The molecule has 4 nitrogen and oxygen atoms in total. The Morgan fingerprint density at radius 3 is 2.44 bits per heavy atom. The minimum atomic E-state index is -0.631. The van der Waals surface area contributed by atoms with Gasteiger partial charge in [0.1, 0.15) is 0 Å². The maximum absolute atomic E-state index is 11.3. The fraction of sp³-hybridized carbons (Fsp3) is 0.929. The highest BCUT2D eigenvalue weighted by Gasteiger charge is 2.17. The van der Waals surface area contributed by atoms with Gasteiger partial charge in [-0.15, -0.1) is 0 Å². The summed E-state index contributed by atoms with van der Waals surface area (Å²) < 4.78 is 4.84. The fourth-order valence-corrected chi connectivity index (χ4v) is 1.87. The van der Waals surface area contributed by atoms with Crippen LogP contribution in [0.5, 0.6) is 0 Å². The van der Waals surface area contributed by atoms with Gasteiger partial charge in [-0.2, -0.15) is 0 Å². The topological polar surface area (TPSA) is 49.8 Å². The van der Waals surface area contributed by atoms with Crippen LogP contribution in [0.4, 0.5) is 0 Å². The van der Waals surface area contributed by atoms with Gasteiger partial charge in [0.2, 0.25) is 0 Å². The van der Waals surface area contributed by atoms with Crippen molar-refractivity contribution in [3.8, 4) is 0 Å². The van der Waals surface area contributed by atoms with Crippen LogP contribution in [-0.2, 0) is 9.53 Å². The molecule has 0 aliphatic carbocycles. The Hall–Kier alpha value is -0.610. The van der Waals surface area contributed by atoms with Crippen molar-refractivity contribution in [2.75, 3.05) is 19.7 Å². The number of esters is 1. The van der Waals surface area contributed by atoms with Crippen molar-refractivity contribution in [3.05, 3.63) is 0 Å². The Labute approximate surface area is 111 Å². The molecule has 0 bridgehead atoms. The van der Waals surface area contributed by atoms with E-state index < -0.39 is 6.10 Å². The number of rotatable bonds is 10. The molecule has 0 amide bonds. The number of unbranched alkanes of at least 4 members (excludes halogenated alkanes) is 2. The van der Waals surface area contributed by atoms with Gasteiger partial charge in [-0.25, -0.2) is 0 Å². The van der Waals surface area contributed by atoms with Gasteiger partial charge >= 0.3 is 5.97 Å². The van der Waals surface area contributed by atoms with Crippen LogP contribution in [0.3, 0.4) is 0 Å². The van der Waals surface area contributed by atoms with Crippen molar-refractivity contribution in [1.29, 1.82) is 0 Å². The van der Waals surface area contributed by atoms with Gasteiger partial charge in [-0.05, 0) is 33.7 Å². The van der Waals surface area contributed by atoms with E-state index in [1.54, 1.807) is 6.92 Å². The molecule has 0 saturated carbocycles. The molecule has 0 saturated heterocycles. The number of aliphatic hydroxyl groups is 1. The number of carbonyl (C=O) groups is 1. The van der Waals surface area contributed by atoms with Gasteiger partial charge in [0.25, 0.3) is 0 Å². The molecule has 1 unspecified atom stereocenters. The van der Waals surface area contributed by atoms with Crippen LogP contribution in [-0.4, -0.2) is 47.8 Å². The predicted molar refractivity (Wildman–Crippen MR) is 73.5 cm³/mol. The first-order valence-corrected chi connectivity index (χ1v) is 7.08. The molecule has 0 aromatic heterocycles. The van der Waals surface area contributed by atoms with Crippen LogP contribution in [0, 0.1) is 0 Å². The zero-order valence-electron chi connectivity index (χ0n) is 12.3. The summed E-state index contributed by atoms with van der Waals surface area (Å²) in [6.45, 7) is 10.1. The summed E-state index contributed by atoms with van der Waals surface area (Å²) in [5, 5.41) is 9.88. The second kappa shape index (κ2) is 10.3. The third kappa shape index (κ3) is 8.48. The molecule has 0 heterocycles. The normalized spacial score (nSPS) is 13.1. The van der Waals surface area contributed by atoms with Crippen molar-refractivity contribution in [2.24, 2.45) is 0 Å². The van der Waals surface area contributed by atoms with Crippen molar-refractivity contribution in [2.45, 2.75) is 65.5 Å². The van der Waals surface area contributed by atoms with Crippen LogP contribution < -0.4 is 0 Å². The van der Waals surface area contributed by atoms with E-state index in [1.807, 2.05) is 0 Å². The highest BCUT2D eigenvalue weighted by atomic mass is 16.5. The lowest BCUT2D eigenvalue weighted by Crippen LogP contribution is -2.39. The van der Waals surface area contributed by atoms with E-state index in [0.29, 0.717) is 19.2 Å². The summed E-state index contributed by atoms with van der Waals surface area (Å²) in [7, 11) is 0. The number of nitrogens with zero attached hydrogens (tertiary/aromatic N) is 1. The molecule has 0 aromatic rings. The molecule has 0 aliphatic heterocycles. The van der Waals surface area contributed by atoms with Gasteiger partial charge in [0, 0.05) is 12.6 Å². The molecule has 18 heavy (non-hydrogen) atoms. The second-order valence-electron chi connectivity index (χ2n) is 4.96. The van der Waals surface area contributed by atoms with Gasteiger partial charge in [-0.3, -0.25) is 9.69 Å². The maximum Gasteiger partial charge on any atom is 0.308 e. The molecule has 0 radical (unpaired) electrons. The largest absolute Gasteiger partial charge is 0.466 e. The lowest BCUT2D eigenvalue weighted by Gasteiger charge is -2.28. The monoisotopic (exact) mass is 259 g/mol.